The zero-order chi connectivity index (χ0) is 13.0. The van der Waals surface area contributed by atoms with E-state index in [-0.39, 0.29) is 17.7 Å². The highest BCUT2D eigenvalue weighted by atomic mass is 79.9. The van der Waals surface area contributed by atoms with Crippen LogP contribution in [0.2, 0.25) is 0 Å². The van der Waals surface area contributed by atoms with Crippen molar-refractivity contribution >= 4 is 22.2 Å². The molecule has 0 saturated carbocycles. The summed E-state index contributed by atoms with van der Waals surface area (Å²) in [5.74, 6) is 0.338. The van der Waals surface area contributed by atoms with Gasteiger partial charge in [0.25, 0.3) is 0 Å². The van der Waals surface area contributed by atoms with Crippen LogP contribution in [-0.2, 0) is 6.61 Å². The van der Waals surface area contributed by atoms with Gasteiger partial charge in [0.05, 0.1) is 5.56 Å². The van der Waals surface area contributed by atoms with Gasteiger partial charge in [0.15, 0.2) is 6.29 Å². The van der Waals surface area contributed by atoms with Crippen LogP contribution in [0.4, 0.5) is 0 Å². The van der Waals surface area contributed by atoms with Crippen molar-refractivity contribution in [2.24, 2.45) is 0 Å². The number of halogens is 1. The Bertz CT molecular complexity index is 625. The molecule has 0 aromatic carbocycles. The fraction of sp³-hybridized carbons (Fsp3) is 0.0833. The van der Waals surface area contributed by atoms with Crippen LogP contribution in [0.15, 0.2) is 40.0 Å². The first-order valence-electron chi connectivity index (χ1n) is 5.09. The molecule has 1 N–H and O–H groups in total. The Morgan fingerprint density at radius 1 is 1.39 bits per heavy atom. The van der Waals surface area contributed by atoms with Crippen LogP contribution < -0.4 is 10.3 Å². The van der Waals surface area contributed by atoms with E-state index in [0.717, 1.165) is 10.0 Å². The van der Waals surface area contributed by atoms with Crippen molar-refractivity contribution in [2.75, 3.05) is 0 Å². The molecule has 0 fully saturated rings. The minimum atomic E-state index is -0.339. The Morgan fingerprint density at radius 2 is 2.22 bits per heavy atom. The van der Waals surface area contributed by atoms with E-state index in [1.165, 1.54) is 12.3 Å². The van der Waals surface area contributed by atoms with E-state index in [1.54, 1.807) is 12.4 Å². The summed E-state index contributed by atoms with van der Waals surface area (Å²) in [4.78, 5) is 28.3. The van der Waals surface area contributed by atoms with E-state index in [2.05, 4.69) is 25.9 Å². The van der Waals surface area contributed by atoms with Crippen molar-refractivity contribution in [1.29, 1.82) is 0 Å². The second-order valence-corrected chi connectivity index (χ2v) is 4.45. The molecule has 2 aromatic heterocycles. The molecule has 0 aliphatic heterocycles. The highest BCUT2D eigenvalue weighted by Gasteiger charge is 2.04. The molecule has 0 atom stereocenters. The maximum Gasteiger partial charge on any atom is 0.248 e. The Hall–Kier alpha value is -1.95. The number of nitrogens with one attached hydrogen (secondary N) is 1. The Labute approximate surface area is 111 Å². The average molecular weight is 309 g/mol. The average Bonchev–Trinajstić information content (AvgIpc) is 2.37. The Balaban J connectivity index is 2.15. The number of aromatic nitrogens is 2. The standard InChI is InChI=1S/C12H9BrN2O3/c13-10-1-8(3-14-4-10)7-18-11-5-15-12(17)2-9(11)6-16/h1-6H,7H2,(H,15,17). The number of nitrogens with zero attached hydrogens (tertiary/aromatic N) is 1. The number of pyridine rings is 2. The van der Waals surface area contributed by atoms with Gasteiger partial charge in [-0.2, -0.15) is 0 Å². The monoisotopic (exact) mass is 308 g/mol. The first kappa shape index (κ1) is 12.5. The molecule has 0 radical (unpaired) electrons. The lowest BCUT2D eigenvalue weighted by Gasteiger charge is -2.07. The largest absolute Gasteiger partial charge is 0.487 e. The molecule has 0 unspecified atom stereocenters. The van der Waals surface area contributed by atoms with Crippen LogP contribution in [-0.4, -0.2) is 16.3 Å². The van der Waals surface area contributed by atoms with Gasteiger partial charge in [0, 0.05) is 34.7 Å². The molecule has 0 amide bonds. The maximum absolute atomic E-state index is 11.0. The van der Waals surface area contributed by atoms with Crippen molar-refractivity contribution in [3.63, 3.8) is 0 Å². The number of hydrogen-bond donors (Lipinski definition) is 1. The summed E-state index contributed by atoms with van der Waals surface area (Å²) in [6.45, 7) is 0.263. The first-order chi connectivity index (χ1) is 8.69. The quantitative estimate of drug-likeness (QED) is 0.876. The summed E-state index contributed by atoms with van der Waals surface area (Å²) in [6.07, 6.45) is 5.29. The SMILES string of the molecule is O=Cc1cc(=O)[nH]cc1OCc1cncc(Br)c1. The molecule has 0 aliphatic carbocycles. The molecular weight excluding hydrogens is 300 g/mol. The van der Waals surface area contributed by atoms with Crippen LogP contribution in [0, 0.1) is 0 Å². The molecule has 2 aromatic rings. The van der Waals surface area contributed by atoms with Gasteiger partial charge in [-0.15, -0.1) is 0 Å². The normalized spacial score (nSPS) is 10.1. The fourth-order valence-corrected chi connectivity index (χ4v) is 1.80. The Morgan fingerprint density at radius 3 is 2.94 bits per heavy atom. The number of aldehydes is 1. The van der Waals surface area contributed by atoms with Crippen LogP contribution in [0.25, 0.3) is 0 Å². The van der Waals surface area contributed by atoms with Gasteiger partial charge in [0.1, 0.15) is 12.4 Å². The highest BCUT2D eigenvalue weighted by molar-refractivity contribution is 9.10. The van der Waals surface area contributed by atoms with E-state index in [0.29, 0.717) is 12.0 Å². The molecule has 92 valence electrons. The molecule has 2 rings (SSSR count). The molecule has 0 aliphatic rings. The minimum absolute atomic E-state index is 0.224. The molecule has 18 heavy (non-hydrogen) atoms. The van der Waals surface area contributed by atoms with Crippen LogP contribution in [0.1, 0.15) is 15.9 Å². The number of hydrogen-bond acceptors (Lipinski definition) is 4. The van der Waals surface area contributed by atoms with E-state index in [9.17, 15) is 9.59 Å². The van der Waals surface area contributed by atoms with Gasteiger partial charge in [-0.25, -0.2) is 0 Å². The summed E-state index contributed by atoms with van der Waals surface area (Å²) in [5, 5.41) is 0. The van der Waals surface area contributed by atoms with Crippen LogP contribution in [0.5, 0.6) is 5.75 Å². The third-order valence-corrected chi connectivity index (χ3v) is 2.63. The lowest BCUT2D eigenvalue weighted by atomic mass is 10.2. The summed E-state index contributed by atoms with van der Waals surface area (Å²) in [7, 11) is 0. The van der Waals surface area contributed by atoms with Gasteiger partial charge < -0.3 is 9.72 Å². The molecule has 0 saturated heterocycles. The van der Waals surface area contributed by atoms with Crippen molar-refractivity contribution in [3.05, 3.63) is 56.7 Å². The van der Waals surface area contributed by atoms with Crippen molar-refractivity contribution < 1.29 is 9.53 Å². The lowest BCUT2D eigenvalue weighted by Crippen LogP contribution is -2.07. The van der Waals surface area contributed by atoms with E-state index < -0.39 is 0 Å². The summed E-state index contributed by atoms with van der Waals surface area (Å²) in [6, 6.07) is 3.06. The second-order valence-electron chi connectivity index (χ2n) is 3.53. The second kappa shape index (κ2) is 5.59. The lowest BCUT2D eigenvalue weighted by molar-refractivity contribution is 0.111. The van der Waals surface area contributed by atoms with Gasteiger partial charge in [-0.1, -0.05) is 0 Å². The first-order valence-corrected chi connectivity index (χ1v) is 5.88. The Kier molecular flexibility index (Phi) is 3.88. The summed E-state index contributed by atoms with van der Waals surface area (Å²) in [5.41, 5.74) is 0.739. The van der Waals surface area contributed by atoms with E-state index in [1.807, 2.05) is 6.07 Å². The number of H-pyrrole nitrogens is 1. The van der Waals surface area contributed by atoms with Crippen molar-refractivity contribution in [3.8, 4) is 5.75 Å². The zero-order valence-electron chi connectivity index (χ0n) is 9.22. The minimum Gasteiger partial charge on any atom is -0.487 e. The molecule has 6 heteroatoms. The molecule has 2 heterocycles. The molecule has 5 nitrogen and oxygen atoms in total. The zero-order valence-corrected chi connectivity index (χ0v) is 10.8. The third-order valence-electron chi connectivity index (χ3n) is 2.20. The van der Waals surface area contributed by atoms with Gasteiger partial charge in [-0.3, -0.25) is 14.6 Å². The van der Waals surface area contributed by atoms with E-state index in [4.69, 9.17) is 4.74 Å². The molecule has 0 bridgehead atoms. The topological polar surface area (TPSA) is 72.0 Å². The predicted molar refractivity (Wildman–Crippen MR) is 68.7 cm³/mol. The highest BCUT2D eigenvalue weighted by Crippen LogP contribution is 2.16. The summed E-state index contributed by atoms with van der Waals surface area (Å²) >= 11 is 3.30. The van der Waals surface area contributed by atoms with E-state index >= 15 is 0 Å². The number of aromatic amines is 1. The maximum atomic E-state index is 11.0. The predicted octanol–water partition coefficient (Wildman–Crippen LogP) is 1.92. The summed E-state index contributed by atoms with van der Waals surface area (Å²) < 4.78 is 6.31. The molecule has 0 spiro atoms. The third kappa shape index (κ3) is 3.04. The smallest absolute Gasteiger partial charge is 0.248 e. The van der Waals surface area contributed by atoms with Crippen molar-refractivity contribution in [1.82, 2.24) is 9.97 Å². The fourth-order valence-electron chi connectivity index (χ4n) is 1.39. The van der Waals surface area contributed by atoms with Gasteiger partial charge >= 0.3 is 0 Å². The van der Waals surface area contributed by atoms with Crippen LogP contribution >= 0.6 is 15.9 Å². The number of carbonyl (C=O) groups is 1. The van der Waals surface area contributed by atoms with Gasteiger partial charge in [0.2, 0.25) is 5.56 Å². The van der Waals surface area contributed by atoms with Crippen molar-refractivity contribution in [2.45, 2.75) is 6.61 Å². The van der Waals surface area contributed by atoms with Gasteiger partial charge in [-0.05, 0) is 22.0 Å². The number of carbonyl (C=O) groups excluding carboxylic acids is 1. The number of rotatable bonds is 4. The van der Waals surface area contributed by atoms with Crippen LogP contribution in [0.3, 0.4) is 0 Å². The number of ether oxygens (including phenoxy) is 1. The molecular formula is C12H9BrN2O3.